The monoisotopic (exact) mass is 1020 g/mol. The van der Waals surface area contributed by atoms with E-state index >= 15 is 0 Å². The van der Waals surface area contributed by atoms with Crippen molar-refractivity contribution in [2.45, 2.75) is 348 Å². The molecule has 0 rings (SSSR count). The van der Waals surface area contributed by atoms with Crippen LogP contribution in [0.1, 0.15) is 342 Å². The van der Waals surface area contributed by atoms with Crippen molar-refractivity contribution in [2.24, 2.45) is 0 Å². The van der Waals surface area contributed by atoms with Crippen molar-refractivity contribution in [1.82, 2.24) is 0 Å². The number of carbonyl (C=O) groups is 3. The Morgan fingerprint density at radius 3 is 0.822 bits per heavy atom. The molecule has 1 unspecified atom stereocenters. The summed E-state index contributed by atoms with van der Waals surface area (Å²) in [5.74, 6) is -0.884. The quantitative estimate of drug-likeness (QED) is 0.0261. The van der Waals surface area contributed by atoms with E-state index in [0.717, 1.165) is 96.3 Å². The van der Waals surface area contributed by atoms with E-state index < -0.39 is 6.10 Å². The Morgan fingerprint density at radius 1 is 0.274 bits per heavy atom. The summed E-state index contributed by atoms with van der Waals surface area (Å²) >= 11 is 0. The molecule has 0 amide bonds. The normalized spacial score (nSPS) is 12.3. The first-order valence-electron chi connectivity index (χ1n) is 32.1. The fraction of sp³-hybridized carbons (Fsp3) is 0.836. The SMILES string of the molecule is CCC/C=C\C/C=C\CCCCCCCC(=O)OCC(COC(=O)CCCCCCCCCCCCCCCCC/C=C\CCCCCCCCCC)OC(=O)CCCCCCC/C=C\CCCCCCCC. The van der Waals surface area contributed by atoms with Gasteiger partial charge in [0.15, 0.2) is 6.10 Å². The van der Waals surface area contributed by atoms with Crippen molar-refractivity contribution in [3.63, 3.8) is 0 Å². The average molecular weight is 1020 g/mol. The molecule has 426 valence electrons. The van der Waals surface area contributed by atoms with Gasteiger partial charge in [-0.15, -0.1) is 0 Å². The Labute approximate surface area is 454 Å². The van der Waals surface area contributed by atoms with E-state index in [4.69, 9.17) is 14.2 Å². The summed E-state index contributed by atoms with van der Waals surface area (Å²) in [7, 11) is 0. The minimum absolute atomic E-state index is 0.0783. The van der Waals surface area contributed by atoms with Crippen molar-refractivity contribution < 1.29 is 28.6 Å². The highest BCUT2D eigenvalue weighted by Crippen LogP contribution is 2.17. The lowest BCUT2D eigenvalue weighted by Crippen LogP contribution is -2.30. The minimum Gasteiger partial charge on any atom is -0.462 e. The van der Waals surface area contributed by atoms with Gasteiger partial charge in [0.05, 0.1) is 0 Å². The predicted molar refractivity (Wildman–Crippen MR) is 316 cm³/mol. The molecule has 73 heavy (non-hydrogen) atoms. The summed E-state index contributed by atoms with van der Waals surface area (Å²) in [5, 5.41) is 0. The zero-order chi connectivity index (χ0) is 52.9. The molecule has 0 N–H and O–H groups in total. The van der Waals surface area contributed by atoms with E-state index in [2.05, 4.69) is 69.4 Å². The Morgan fingerprint density at radius 2 is 0.521 bits per heavy atom. The van der Waals surface area contributed by atoms with Crippen LogP contribution < -0.4 is 0 Å². The fourth-order valence-corrected chi connectivity index (χ4v) is 9.41. The molecule has 6 nitrogen and oxygen atoms in total. The highest BCUT2D eigenvalue weighted by atomic mass is 16.6. The Balaban J connectivity index is 4.21. The summed E-state index contributed by atoms with van der Waals surface area (Å²) in [5.41, 5.74) is 0. The van der Waals surface area contributed by atoms with Crippen LogP contribution in [0.5, 0.6) is 0 Å². The molecular formula is C67H122O6. The molecular weight excluding hydrogens is 901 g/mol. The van der Waals surface area contributed by atoms with Gasteiger partial charge < -0.3 is 14.2 Å². The topological polar surface area (TPSA) is 78.9 Å². The second-order valence-electron chi connectivity index (χ2n) is 21.7. The summed E-state index contributed by atoms with van der Waals surface area (Å²) in [6, 6.07) is 0. The van der Waals surface area contributed by atoms with Gasteiger partial charge in [-0.3, -0.25) is 14.4 Å². The van der Waals surface area contributed by atoms with Crippen LogP contribution >= 0.6 is 0 Å². The first-order valence-corrected chi connectivity index (χ1v) is 32.1. The highest BCUT2D eigenvalue weighted by Gasteiger charge is 2.19. The smallest absolute Gasteiger partial charge is 0.306 e. The van der Waals surface area contributed by atoms with Crippen LogP contribution in [0.25, 0.3) is 0 Å². The molecule has 0 heterocycles. The van der Waals surface area contributed by atoms with E-state index in [0.29, 0.717) is 19.3 Å². The summed E-state index contributed by atoms with van der Waals surface area (Å²) in [6.07, 6.45) is 77.0. The maximum absolute atomic E-state index is 12.9. The number of esters is 3. The number of unbranched alkanes of at least 4 members (excludes halogenated alkanes) is 40. The third-order valence-corrected chi connectivity index (χ3v) is 14.3. The molecule has 6 heteroatoms. The molecule has 0 saturated carbocycles. The van der Waals surface area contributed by atoms with E-state index in [1.165, 1.54) is 205 Å². The van der Waals surface area contributed by atoms with Crippen LogP contribution in [0.15, 0.2) is 48.6 Å². The van der Waals surface area contributed by atoms with Gasteiger partial charge in [0, 0.05) is 19.3 Å². The van der Waals surface area contributed by atoms with Crippen molar-refractivity contribution in [3.05, 3.63) is 48.6 Å². The standard InChI is InChI=1S/C67H122O6/c1-4-7-10-13-16-19-22-25-27-28-29-30-31-32-33-34-35-36-37-38-40-42-45-48-51-54-57-60-66(69)72-63-64(62-71-65(68)59-56-53-50-47-44-41-24-21-18-15-12-9-6-3)73-67(70)61-58-55-52-49-46-43-39-26-23-20-17-14-11-8-5-2/h12,15,21,24,26,28-29,39,64H,4-11,13-14,16-20,22-23,25,27,30-38,40-63H2,1-3H3/b15-12-,24-21-,29-28-,39-26-. The molecule has 0 spiro atoms. The van der Waals surface area contributed by atoms with E-state index in [-0.39, 0.29) is 31.1 Å². The second-order valence-corrected chi connectivity index (χ2v) is 21.7. The molecule has 0 fully saturated rings. The second kappa shape index (κ2) is 61.9. The van der Waals surface area contributed by atoms with Gasteiger partial charge in [-0.05, 0) is 96.3 Å². The van der Waals surface area contributed by atoms with Crippen LogP contribution in [0.4, 0.5) is 0 Å². The number of ether oxygens (including phenoxy) is 3. The molecule has 0 aromatic heterocycles. The fourth-order valence-electron chi connectivity index (χ4n) is 9.41. The molecule has 0 aliphatic carbocycles. The largest absolute Gasteiger partial charge is 0.462 e. The third kappa shape index (κ3) is 60.1. The van der Waals surface area contributed by atoms with E-state index in [1.54, 1.807) is 0 Å². The maximum atomic E-state index is 12.9. The molecule has 0 radical (unpaired) electrons. The van der Waals surface area contributed by atoms with E-state index in [1.807, 2.05) is 0 Å². The van der Waals surface area contributed by atoms with Gasteiger partial charge in [0.1, 0.15) is 13.2 Å². The van der Waals surface area contributed by atoms with E-state index in [9.17, 15) is 14.4 Å². The predicted octanol–water partition coefficient (Wildman–Crippen LogP) is 21.8. The van der Waals surface area contributed by atoms with Gasteiger partial charge in [0.25, 0.3) is 0 Å². The molecule has 0 aliphatic rings. The maximum Gasteiger partial charge on any atom is 0.306 e. The van der Waals surface area contributed by atoms with Crippen molar-refractivity contribution >= 4 is 17.9 Å². The van der Waals surface area contributed by atoms with Crippen molar-refractivity contribution in [1.29, 1.82) is 0 Å². The number of carbonyl (C=O) groups excluding carboxylic acids is 3. The first-order chi connectivity index (χ1) is 36.0. The lowest BCUT2D eigenvalue weighted by atomic mass is 10.0. The summed E-state index contributed by atoms with van der Waals surface area (Å²) < 4.78 is 16.9. The van der Waals surface area contributed by atoms with Gasteiger partial charge in [-0.1, -0.05) is 275 Å². The zero-order valence-corrected chi connectivity index (χ0v) is 48.9. The molecule has 0 aromatic rings. The lowest BCUT2D eigenvalue weighted by molar-refractivity contribution is -0.167. The van der Waals surface area contributed by atoms with Crippen LogP contribution in [0.2, 0.25) is 0 Å². The van der Waals surface area contributed by atoms with Gasteiger partial charge in [0.2, 0.25) is 0 Å². The number of hydrogen-bond acceptors (Lipinski definition) is 6. The van der Waals surface area contributed by atoms with Crippen LogP contribution in [0.3, 0.4) is 0 Å². The average Bonchev–Trinajstić information content (AvgIpc) is 3.39. The van der Waals surface area contributed by atoms with Crippen LogP contribution in [-0.4, -0.2) is 37.2 Å². The Hall–Kier alpha value is -2.63. The van der Waals surface area contributed by atoms with Gasteiger partial charge in [-0.2, -0.15) is 0 Å². The molecule has 0 bridgehead atoms. The first kappa shape index (κ1) is 70.4. The van der Waals surface area contributed by atoms with Gasteiger partial charge in [-0.25, -0.2) is 0 Å². The number of hydrogen-bond donors (Lipinski definition) is 0. The minimum atomic E-state index is -0.782. The van der Waals surface area contributed by atoms with Crippen molar-refractivity contribution in [3.8, 4) is 0 Å². The Bertz CT molecular complexity index is 1270. The highest BCUT2D eigenvalue weighted by molar-refractivity contribution is 5.71. The van der Waals surface area contributed by atoms with Crippen LogP contribution in [0, 0.1) is 0 Å². The number of allylic oxidation sites excluding steroid dienone is 8. The van der Waals surface area contributed by atoms with Crippen molar-refractivity contribution in [2.75, 3.05) is 13.2 Å². The molecule has 0 aromatic carbocycles. The lowest BCUT2D eigenvalue weighted by Gasteiger charge is -2.18. The molecule has 1 atom stereocenters. The Kier molecular flexibility index (Phi) is 59.7. The zero-order valence-electron chi connectivity index (χ0n) is 48.9. The third-order valence-electron chi connectivity index (χ3n) is 14.3. The molecule has 0 saturated heterocycles. The summed E-state index contributed by atoms with van der Waals surface area (Å²) in [6.45, 7) is 6.59. The van der Waals surface area contributed by atoms with Crippen LogP contribution in [-0.2, 0) is 28.6 Å². The number of rotatable bonds is 59. The van der Waals surface area contributed by atoms with Gasteiger partial charge >= 0.3 is 17.9 Å². The molecule has 0 aliphatic heterocycles. The summed E-state index contributed by atoms with van der Waals surface area (Å²) in [4.78, 5) is 38.2.